The molecule has 6 N–H and O–H groups in total. The molecule has 0 heterocycles. The number of carbonyl (C=O) groups excluding carboxylic acids is 1. The molecule has 1 rings (SSSR count). The van der Waals surface area contributed by atoms with Gasteiger partial charge in [0.1, 0.15) is 0 Å². The predicted molar refractivity (Wildman–Crippen MR) is 66.6 cm³/mol. The molecule has 1 unspecified atom stereocenters. The summed E-state index contributed by atoms with van der Waals surface area (Å²) in [5.41, 5.74) is 11.6. The zero-order valence-electron chi connectivity index (χ0n) is 9.70. The number of hydrogen-bond donors (Lipinski definition) is 4. The molecule has 1 aromatic rings. The molecule has 1 aromatic carbocycles. The molecule has 0 spiro atoms. The number of nitrogens with one attached hydrogen (secondary N) is 1. The molecule has 8 heteroatoms. The maximum Gasteiger partial charge on any atom is 0.400 e. The van der Waals surface area contributed by atoms with Crippen molar-refractivity contribution in [2.45, 2.75) is 6.54 Å². The molecule has 0 saturated heterocycles. The second-order valence-electron chi connectivity index (χ2n) is 3.55. The zero-order chi connectivity index (χ0) is 13.6. The first-order valence-electron chi connectivity index (χ1n) is 5.25. The smallest absolute Gasteiger partial charge is 0.350 e. The van der Waals surface area contributed by atoms with Gasteiger partial charge in [0.05, 0.1) is 6.61 Å². The van der Waals surface area contributed by atoms with Gasteiger partial charge in [-0.05, 0) is 17.7 Å². The second-order valence-corrected chi connectivity index (χ2v) is 4.94. The van der Waals surface area contributed by atoms with Crippen LogP contribution in [0.2, 0.25) is 0 Å². The van der Waals surface area contributed by atoms with Gasteiger partial charge in [-0.2, -0.15) is 0 Å². The fourth-order valence-corrected chi connectivity index (χ4v) is 1.59. The number of benzene rings is 1. The fraction of sp³-hybridized carbons (Fsp3) is 0.300. The van der Waals surface area contributed by atoms with Gasteiger partial charge in [-0.25, -0.2) is 10.1 Å². The lowest BCUT2D eigenvalue weighted by molar-refractivity contribution is 0.0945. The molecule has 7 nitrogen and oxygen atoms in total. The number of nitrogens with two attached hydrogens (primary N) is 2. The van der Waals surface area contributed by atoms with Gasteiger partial charge < -0.3 is 15.9 Å². The van der Waals surface area contributed by atoms with Gasteiger partial charge in [0, 0.05) is 18.7 Å². The second kappa shape index (κ2) is 6.63. The summed E-state index contributed by atoms with van der Waals surface area (Å²) in [6.45, 7) is 0.383. The summed E-state index contributed by atoms with van der Waals surface area (Å²) in [5.74, 6) is -0.299. The van der Waals surface area contributed by atoms with Crippen LogP contribution < -0.4 is 16.6 Å². The van der Waals surface area contributed by atoms with Crippen LogP contribution in [-0.4, -0.2) is 24.0 Å². The summed E-state index contributed by atoms with van der Waals surface area (Å²) in [6.07, 6.45) is 0. The van der Waals surface area contributed by atoms with Crippen molar-refractivity contribution in [3.8, 4) is 0 Å². The highest BCUT2D eigenvalue weighted by Crippen LogP contribution is 2.30. The zero-order valence-corrected chi connectivity index (χ0v) is 10.6. The van der Waals surface area contributed by atoms with Crippen molar-refractivity contribution >= 4 is 13.7 Å². The van der Waals surface area contributed by atoms with Crippen molar-refractivity contribution in [3.63, 3.8) is 0 Å². The van der Waals surface area contributed by atoms with Crippen LogP contribution in [0.4, 0.5) is 0 Å². The van der Waals surface area contributed by atoms with Crippen molar-refractivity contribution < 1.29 is 18.8 Å². The molecule has 0 aliphatic rings. The van der Waals surface area contributed by atoms with E-state index in [4.69, 9.17) is 16.1 Å². The molecule has 0 saturated carbocycles. The fourth-order valence-electron chi connectivity index (χ4n) is 1.24. The van der Waals surface area contributed by atoms with E-state index in [9.17, 15) is 9.36 Å². The minimum Gasteiger partial charge on any atom is -0.350 e. The van der Waals surface area contributed by atoms with Crippen molar-refractivity contribution in [1.29, 1.82) is 0 Å². The Kier molecular flexibility index (Phi) is 5.46. The van der Waals surface area contributed by atoms with E-state index in [2.05, 4.69) is 9.84 Å². The Morgan fingerprint density at radius 3 is 2.50 bits per heavy atom. The van der Waals surface area contributed by atoms with E-state index in [0.29, 0.717) is 12.1 Å². The maximum atomic E-state index is 11.6. The van der Waals surface area contributed by atoms with Crippen LogP contribution in [0.1, 0.15) is 15.9 Å². The molecule has 0 aliphatic carbocycles. The molecule has 0 aromatic heterocycles. The Balaban J connectivity index is 2.38. The highest BCUT2D eigenvalue weighted by atomic mass is 31.2. The number of hydrogen-bond acceptors (Lipinski definition) is 4. The summed E-state index contributed by atoms with van der Waals surface area (Å²) in [5, 5.41) is 2.53. The minimum atomic E-state index is -3.97. The molecule has 0 radical (unpaired) electrons. The Bertz CT molecular complexity index is 443. The molecule has 100 valence electrons. The average Bonchev–Trinajstić information content (AvgIpc) is 2.33. The maximum absolute atomic E-state index is 11.6. The largest absolute Gasteiger partial charge is 0.400 e. The van der Waals surface area contributed by atoms with E-state index >= 15 is 0 Å². The molecule has 0 fully saturated rings. The molecular weight excluding hydrogens is 257 g/mol. The van der Waals surface area contributed by atoms with Crippen molar-refractivity contribution in [2.75, 3.05) is 13.2 Å². The van der Waals surface area contributed by atoms with Gasteiger partial charge in [0.25, 0.3) is 5.91 Å². The van der Waals surface area contributed by atoms with Crippen LogP contribution in [0.3, 0.4) is 0 Å². The molecule has 0 aliphatic heterocycles. The van der Waals surface area contributed by atoms with Gasteiger partial charge in [-0.15, -0.1) is 0 Å². The van der Waals surface area contributed by atoms with Gasteiger partial charge >= 0.3 is 7.75 Å². The van der Waals surface area contributed by atoms with E-state index in [1.54, 1.807) is 24.3 Å². The molecular formula is C10H16N3O4P. The molecule has 0 bridgehead atoms. The van der Waals surface area contributed by atoms with Crippen LogP contribution in [0.25, 0.3) is 0 Å². The summed E-state index contributed by atoms with van der Waals surface area (Å²) in [7, 11) is -3.97. The lowest BCUT2D eigenvalue weighted by Crippen LogP contribution is -2.27. The van der Waals surface area contributed by atoms with E-state index in [-0.39, 0.29) is 19.1 Å². The topological polar surface area (TPSA) is 128 Å². The van der Waals surface area contributed by atoms with Crippen molar-refractivity contribution in [3.05, 3.63) is 35.4 Å². The summed E-state index contributed by atoms with van der Waals surface area (Å²) < 4.78 is 15.0. The van der Waals surface area contributed by atoms with Gasteiger partial charge in [0.15, 0.2) is 0 Å². The summed E-state index contributed by atoms with van der Waals surface area (Å²) >= 11 is 0. The van der Waals surface area contributed by atoms with Gasteiger partial charge in [0.2, 0.25) is 0 Å². The van der Waals surface area contributed by atoms with E-state index < -0.39 is 7.75 Å². The summed E-state index contributed by atoms with van der Waals surface area (Å²) in [6, 6.07) is 6.82. The standard InChI is InChI=1S/C10H16N3O4P/c11-7-8-1-3-9(4-2-8)10(14)13-5-6-17-18(12,15)16/h1-4H,5-7,11H2,(H,13,14)(H3,12,15,16). The average molecular weight is 273 g/mol. The first-order chi connectivity index (χ1) is 8.42. The Morgan fingerprint density at radius 1 is 1.39 bits per heavy atom. The third kappa shape index (κ3) is 5.39. The van der Waals surface area contributed by atoms with Crippen LogP contribution in [0.5, 0.6) is 0 Å². The van der Waals surface area contributed by atoms with Crippen molar-refractivity contribution in [2.24, 2.45) is 11.2 Å². The van der Waals surface area contributed by atoms with Crippen LogP contribution in [-0.2, 0) is 15.6 Å². The molecule has 18 heavy (non-hydrogen) atoms. The highest BCUT2D eigenvalue weighted by molar-refractivity contribution is 7.50. The normalized spacial score (nSPS) is 13.9. The van der Waals surface area contributed by atoms with E-state index in [0.717, 1.165) is 5.56 Å². The van der Waals surface area contributed by atoms with E-state index in [1.807, 2.05) is 0 Å². The molecule has 1 atom stereocenters. The highest BCUT2D eigenvalue weighted by Gasteiger charge is 2.10. The van der Waals surface area contributed by atoms with Gasteiger partial charge in [-0.1, -0.05) is 12.1 Å². The third-order valence-corrected chi connectivity index (χ3v) is 2.67. The Morgan fingerprint density at radius 2 is 2.00 bits per heavy atom. The number of carbonyl (C=O) groups is 1. The minimum absolute atomic E-state index is 0.0965. The van der Waals surface area contributed by atoms with Crippen molar-refractivity contribution in [1.82, 2.24) is 5.32 Å². The summed E-state index contributed by atoms with van der Waals surface area (Å²) in [4.78, 5) is 20.3. The van der Waals surface area contributed by atoms with E-state index in [1.165, 1.54) is 0 Å². The number of rotatable bonds is 6. The predicted octanol–water partition coefficient (Wildman–Crippen LogP) is -0.0492. The van der Waals surface area contributed by atoms with Gasteiger partial charge in [-0.3, -0.25) is 9.32 Å². The SMILES string of the molecule is NCc1ccc(C(=O)NCCOP(N)(=O)O)cc1. The first kappa shape index (κ1) is 14.8. The third-order valence-electron chi connectivity index (χ3n) is 2.12. The van der Waals surface area contributed by atoms with Crippen LogP contribution in [0, 0.1) is 0 Å². The Labute approximate surface area is 105 Å². The van der Waals surface area contributed by atoms with Crippen LogP contribution in [0.15, 0.2) is 24.3 Å². The van der Waals surface area contributed by atoms with Crippen LogP contribution >= 0.6 is 7.75 Å². The quantitative estimate of drug-likeness (QED) is 0.425. The number of amides is 1. The Hall–Kier alpha value is -1.24. The lowest BCUT2D eigenvalue weighted by atomic mass is 10.1. The first-order valence-corrected chi connectivity index (χ1v) is 6.90. The monoisotopic (exact) mass is 273 g/mol. The molecule has 1 amide bonds. The lowest BCUT2D eigenvalue weighted by Gasteiger charge is -2.08.